The van der Waals surface area contributed by atoms with E-state index in [9.17, 15) is 0 Å². The summed E-state index contributed by atoms with van der Waals surface area (Å²) in [6.45, 7) is 2.20. The Hall–Kier alpha value is -2.07. The molecule has 2 N–H and O–H groups in total. The third kappa shape index (κ3) is 2.72. The molecule has 2 heterocycles. The number of pyridine rings is 1. The van der Waals surface area contributed by atoms with Gasteiger partial charge in [0.25, 0.3) is 0 Å². The fraction of sp³-hybridized carbons (Fsp3) is 0.250. The molecule has 0 aliphatic rings. The number of nitrogens with two attached hydrogens (primary N) is 1. The molecular weight excluding hydrogens is 284 g/mol. The van der Waals surface area contributed by atoms with Crippen molar-refractivity contribution in [1.29, 1.82) is 0 Å². The molecule has 0 spiro atoms. The number of hydrogen-bond acceptors (Lipinski definition) is 3. The maximum absolute atomic E-state index is 6.02. The van der Waals surface area contributed by atoms with E-state index in [-0.39, 0.29) is 0 Å². The summed E-state index contributed by atoms with van der Waals surface area (Å²) in [5, 5.41) is 0.557. The first-order valence-corrected chi connectivity index (χ1v) is 7.45. The minimum atomic E-state index is 0.418. The van der Waals surface area contributed by atoms with Gasteiger partial charge in [-0.2, -0.15) is 0 Å². The molecule has 0 aliphatic heterocycles. The van der Waals surface area contributed by atoms with Crippen LogP contribution in [0.4, 0.5) is 5.95 Å². The van der Waals surface area contributed by atoms with Crippen molar-refractivity contribution >= 4 is 28.7 Å². The van der Waals surface area contributed by atoms with E-state index < -0.39 is 0 Å². The molecule has 0 aliphatic carbocycles. The highest BCUT2D eigenvalue weighted by Gasteiger charge is 2.11. The molecule has 0 atom stereocenters. The number of fused-ring (bicyclic) bond motifs is 1. The van der Waals surface area contributed by atoms with Crippen LogP contribution in [-0.4, -0.2) is 14.5 Å². The molecule has 2 aromatic heterocycles. The Morgan fingerprint density at radius 1 is 1.24 bits per heavy atom. The van der Waals surface area contributed by atoms with Crippen LogP contribution >= 0.6 is 11.6 Å². The number of benzene rings is 1. The SMILES string of the molecule is CCCCc1ccc(-n2c(N)nc3cc(Cl)cnc32)cc1. The van der Waals surface area contributed by atoms with Crippen LogP contribution in [0.3, 0.4) is 0 Å². The predicted octanol–water partition coefficient (Wildman–Crippen LogP) is 4.00. The average molecular weight is 301 g/mol. The van der Waals surface area contributed by atoms with Crippen LogP contribution in [0.25, 0.3) is 16.9 Å². The van der Waals surface area contributed by atoms with E-state index in [0.717, 1.165) is 17.8 Å². The van der Waals surface area contributed by atoms with Crippen LogP contribution in [0.1, 0.15) is 25.3 Å². The van der Waals surface area contributed by atoms with Gasteiger partial charge in [-0.05, 0) is 36.6 Å². The molecule has 0 saturated carbocycles. The molecule has 4 nitrogen and oxygen atoms in total. The molecule has 1 aromatic carbocycles. The van der Waals surface area contributed by atoms with Crippen LogP contribution in [0, 0.1) is 0 Å². The topological polar surface area (TPSA) is 56.7 Å². The lowest BCUT2D eigenvalue weighted by Gasteiger charge is -2.07. The predicted molar refractivity (Wildman–Crippen MR) is 86.9 cm³/mol. The second kappa shape index (κ2) is 5.74. The summed E-state index contributed by atoms with van der Waals surface area (Å²) in [6, 6.07) is 10.1. The van der Waals surface area contributed by atoms with E-state index in [2.05, 4.69) is 41.2 Å². The number of anilines is 1. The summed E-state index contributed by atoms with van der Waals surface area (Å²) < 4.78 is 1.84. The number of nitrogens with zero attached hydrogens (tertiary/aromatic N) is 3. The molecule has 0 fully saturated rings. The zero-order valence-electron chi connectivity index (χ0n) is 11.9. The van der Waals surface area contributed by atoms with Crippen molar-refractivity contribution in [2.75, 3.05) is 5.73 Å². The molecule has 21 heavy (non-hydrogen) atoms. The molecule has 0 bridgehead atoms. The molecule has 3 rings (SSSR count). The van der Waals surface area contributed by atoms with Gasteiger partial charge in [0.2, 0.25) is 5.95 Å². The van der Waals surface area contributed by atoms with Gasteiger partial charge in [0.05, 0.1) is 10.7 Å². The van der Waals surface area contributed by atoms with Crippen LogP contribution in [-0.2, 0) is 6.42 Å². The van der Waals surface area contributed by atoms with Gasteiger partial charge < -0.3 is 5.73 Å². The Morgan fingerprint density at radius 3 is 2.71 bits per heavy atom. The summed E-state index contributed by atoms with van der Waals surface area (Å²) in [4.78, 5) is 8.65. The lowest BCUT2D eigenvalue weighted by Crippen LogP contribution is -2.01. The summed E-state index contributed by atoms with van der Waals surface area (Å²) >= 11 is 5.94. The van der Waals surface area contributed by atoms with Gasteiger partial charge in [0.1, 0.15) is 5.52 Å². The maximum atomic E-state index is 6.02. The van der Waals surface area contributed by atoms with Gasteiger partial charge in [-0.15, -0.1) is 0 Å². The zero-order valence-corrected chi connectivity index (χ0v) is 12.6. The van der Waals surface area contributed by atoms with E-state index >= 15 is 0 Å². The van der Waals surface area contributed by atoms with Gasteiger partial charge in [-0.3, -0.25) is 4.57 Å². The molecule has 0 unspecified atom stereocenters. The third-order valence-electron chi connectivity index (χ3n) is 3.50. The van der Waals surface area contributed by atoms with Crippen molar-refractivity contribution in [2.45, 2.75) is 26.2 Å². The van der Waals surface area contributed by atoms with Crippen molar-refractivity contribution in [3.05, 3.63) is 47.1 Å². The monoisotopic (exact) mass is 300 g/mol. The van der Waals surface area contributed by atoms with Crippen molar-refractivity contribution in [2.24, 2.45) is 0 Å². The van der Waals surface area contributed by atoms with Gasteiger partial charge in [0, 0.05) is 6.20 Å². The average Bonchev–Trinajstić information content (AvgIpc) is 2.80. The first kappa shape index (κ1) is 13.9. The second-order valence-electron chi connectivity index (χ2n) is 5.07. The minimum Gasteiger partial charge on any atom is -0.369 e. The number of hydrogen-bond donors (Lipinski definition) is 1. The Balaban J connectivity index is 2.01. The van der Waals surface area contributed by atoms with Crippen molar-refractivity contribution < 1.29 is 0 Å². The number of nitrogen functional groups attached to an aromatic ring is 1. The van der Waals surface area contributed by atoms with E-state index in [1.807, 2.05) is 4.57 Å². The summed E-state index contributed by atoms with van der Waals surface area (Å²) in [5.74, 6) is 0.418. The van der Waals surface area contributed by atoms with Gasteiger partial charge in [0.15, 0.2) is 5.65 Å². The quantitative estimate of drug-likeness (QED) is 0.792. The number of rotatable bonds is 4. The molecule has 0 radical (unpaired) electrons. The number of aromatic nitrogens is 3. The van der Waals surface area contributed by atoms with E-state index in [4.69, 9.17) is 17.3 Å². The first-order valence-electron chi connectivity index (χ1n) is 7.08. The number of halogens is 1. The Bertz CT molecular complexity index is 762. The van der Waals surface area contributed by atoms with E-state index in [1.165, 1.54) is 18.4 Å². The first-order chi connectivity index (χ1) is 10.2. The Labute approximate surface area is 128 Å². The van der Waals surface area contributed by atoms with E-state index in [1.54, 1.807) is 12.3 Å². The van der Waals surface area contributed by atoms with Crippen LogP contribution in [0.15, 0.2) is 36.5 Å². The van der Waals surface area contributed by atoms with Crippen LogP contribution < -0.4 is 5.73 Å². The summed E-state index contributed by atoms with van der Waals surface area (Å²) in [7, 11) is 0. The minimum absolute atomic E-state index is 0.418. The van der Waals surface area contributed by atoms with Crippen molar-refractivity contribution in [3.63, 3.8) is 0 Å². The van der Waals surface area contributed by atoms with Gasteiger partial charge >= 0.3 is 0 Å². The van der Waals surface area contributed by atoms with Crippen molar-refractivity contribution in [1.82, 2.24) is 14.5 Å². The summed E-state index contributed by atoms with van der Waals surface area (Å²) in [5.41, 5.74) is 9.74. The lowest BCUT2D eigenvalue weighted by atomic mass is 10.1. The highest BCUT2D eigenvalue weighted by atomic mass is 35.5. The van der Waals surface area contributed by atoms with Crippen molar-refractivity contribution in [3.8, 4) is 5.69 Å². The summed E-state index contributed by atoms with van der Waals surface area (Å²) in [6.07, 6.45) is 5.11. The fourth-order valence-electron chi connectivity index (χ4n) is 2.40. The molecule has 5 heteroatoms. The molecule has 108 valence electrons. The lowest BCUT2D eigenvalue weighted by molar-refractivity contribution is 0.795. The zero-order chi connectivity index (χ0) is 14.8. The molecule has 0 amide bonds. The van der Waals surface area contributed by atoms with E-state index in [0.29, 0.717) is 16.5 Å². The smallest absolute Gasteiger partial charge is 0.207 e. The standard InChI is InChI=1S/C16H17ClN4/c1-2-3-4-11-5-7-13(8-6-11)21-15-14(20-16(21)18)9-12(17)10-19-15/h5-10H,2-4H2,1H3,(H2,18,20). The number of aryl methyl sites for hydroxylation is 1. The highest BCUT2D eigenvalue weighted by Crippen LogP contribution is 2.23. The van der Waals surface area contributed by atoms with Crippen LogP contribution in [0.5, 0.6) is 0 Å². The normalized spacial score (nSPS) is 11.1. The highest BCUT2D eigenvalue weighted by molar-refractivity contribution is 6.31. The molecule has 0 saturated heterocycles. The van der Waals surface area contributed by atoms with Gasteiger partial charge in [-0.1, -0.05) is 37.1 Å². The maximum Gasteiger partial charge on any atom is 0.207 e. The number of imidazole rings is 1. The third-order valence-corrected chi connectivity index (χ3v) is 3.71. The number of unbranched alkanes of at least 4 members (excludes halogenated alkanes) is 1. The largest absolute Gasteiger partial charge is 0.369 e. The van der Waals surface area contributed by atoms with Gasteiger partial charge in [-0.25, -0.2) is 9.97 Å². The Morgan fingerprint density at radius 2 is 2.00 bits per heavy atom. The van der Waals surface area contributed by atoms with Crippen LogP contribution in [0.2, 0.25) is 5.02 Å². The Kier molecular flexibility index (Phi) is 3.80. The molecule has 3 aromatic rings. The fourth-order valence-corrected chi connectivity index (χ4v) is 2.56. The second-order valence-corrected chi connectivity index (χ2v) is 5.51. The molecular formula is C16H17ClN4.